The van der Waals surface area contributed by atoms with E-state index in [1.54, 1.807) is 0 Å². The molecule has 0 aromatic rings. The molecule has 0 N–H and O–H groups in total. The molecule has 34 valence electrons. The fourth-order valence-electron chi connectivity index (χ4n) is 0. The number of rotatable bonds is 0. The SMILES string of the molecule is O=S(=O)(Cl)Cl.[Zn]. The smallest absolute Gasteiger partial charge is 0.195 e. The van der Waals surface area contributed by atoms with Crippen molar-refractivity contribution < 1.29 is 27.9 Å². The van der Waals surface area contributed by atoms with Gasteiger partial charge in [-0.3, -0.25) is 0 Å². The van der Waals surface area contributed by atoms with Gasteiger partial charge in [0.05, 0.1) is 0 Å². The Morgan fingerprint density at radius 1 is 1.17 bits per heavy atom. The minimum absolute atomic E-state index is 0. The maximum absolute atomic E-state index is 9.16. The average molecular weight is 200 g/mol. The molecule has 0 saturated carbocycles. The normalized spacial score (nSPS) is 9.67. The van der Waals surface area contributed by atoms with Crippen LogP contribution < -0.4 is 0 Å². The molecular weight excluding hydrogens is 200 g/mol. The van der Waals surface area contributed by atoms with Crippen LogP contribution >= 0.6 is 21.4 Å². The van der Waals surface area contributed by atoms with Gasteiger partial charge in [-0.05, 0) is 0 Å². The summed E-state index contributed by atoms with van der Waals surface area (Å²) in [7, 11) is 4.81. The summed E-state index contributed by atoms with van der Waals surface area (Å²) in [6, 6.07) is 0. The molecule has 0 aromatic carbocycles. The maximum Gasteiger partial charge on any atom is 0.317 e. The van der Waals surface area contributed by atoms with Gasteiger partial charge in [-0.25, -0.2) is 0 Å². The van der Waals surface area contributed by atoms with Gasteiger partial charge in [-0.15, -0.1) is 0 Å². The summed E-state index contributed by atoms with van der Waals surface area (Å²) in [5.74, 6) is 0. The molecule has 6 heavy (non-hydrogen) atoms. The van der Waals surface area contributed by atoms with Gasteiger partial charge in [0.2, 0.25) is 0 Å². The largest absolute Gasteiger partial charge is 0.317 e. The van der Waals surface area contributed by atoms with Gasteiger partial charge in [0.15, 0.2) is 0 Å². The topological polar surface area (TPSA) is 34.1 Å². The molecule has 0 fully saturated rings. The zero-order valence-electron chi connectivity index (χ0n) is 2.69. The second-order valence-electron chi connectivity index (χ2n) is 0.378. The molecule has 0 amide bonds. The Morgan fingerprint density at radius 3 is 1.17 bits per heavy atom. The van der Waals surface area contributed by atoms with Crippen molar-refractivity contribution in [2.75, 3.05) is 0 Å². The van der Waals surface area contributed by atoms with Crippen LogP contribution in [-0.2, 0) is 27.7 Å². The van der Waals surface area contributed by atoms with Crippen molar-refractivity contribution in [3.8, 4) is 0 Å². The predicted molar refractivity (Wildman–Crippen MR) is 20.6 cm³/mol. The van der Waals surface area contributed by atoms with E-state index in [9.17, 15) is 0 Å². The fourth-order valence-corrected chi connectivity index (χ4v) is 0. The third-order valence-corrected chi connectivity index (χ3v) is 0. The zero-order valence-corrected chi connectivity index (χ0v) is 7.98. The van der Waals surface area contributed by atoms with E-state index in [1.807, 2.05) is 0 Å². The Kier molecular flexibility index (Phi) is 5.43. The van der Waals surface area contributed by atoms with Crippen molar-refractivity contribution in [2.24, 2.45) is 0 Å². The second kappa shape index (κ2) is 3.19. The molecule has 0 aliphatic heterocycles. The Labute approximate surface area is 57.5 Å². The van der Waals surface area contributed by atoms with Crippen molar-refractivity contribution in [1.29, 1.82) is 0 Å². The van der Waals surface area contributed by atoms with Crippen LogP contribution in [0.5, 0.6) is 0 Å². The molecule has 0 aliphatic carbocycles. The summed E-state index contributed by atoms with van der Waals surface area (Å²) >= 11 is 0. The van der Waals surface area contributed by atoms with Crippen LogP contribution in [0.25, 0.3) is 0 Å². The molecule has 0 heterocycles. The van der Waals surface area contributed by atoms with Crippen LogP contribution in [0.2, 0.25) is 0 Å². The van der Waals surface area contributed by atoms with Gasteiger partial charge in [-0.1, -0.05) is 0 Å². The third-order valence-electron chi connectivity index (χ3n) is 0. The first-order valence-electron chi connectivity index (χ1n) is 0.642. The molecule has 0 atom stereocenters. The van der Waals surface area contributed by atoms with Gasteiger partial charge in [0.25, 0.3) is 0 Å². The van der Waals surface area contributed by atoms with Crippen LogP contribution in [-0.4, -0.2) is 8.42 Å². The summed E-state index contributed by atoms with van der Waals surface area (Å²) in [5, 5.41) is 0. The van der Waals surface area contributed by atoms with Crippen molar-refractivity contribution in [1.82, 2.24) is 0 Å². The molecule has 0 radical (unpaired) electrons. The first-order valence-corrected chi connectivity index (χ1v) is 3.78. The minimum Gasteiger partial charge on any atom is -0.195 e. The molecule has 0 aromatic heterocycles. The van der Waals surface area contributed by atoms with E-state index >= 15 is 0 Å². The first kappa shape index (κ1) is 10.2. The zero-order chi connectivity index (χ0) is 4.50. The van der Waals surface area contributed by atoms with E-state index in [0.29, 0.717) is 0 Å². The summed E-state index contributed by atoms with van der Waals surface area (Å²) in [6.07, 6.45) is 0. The number of halogens is 2. The monoisotopic (exact) mass is 198 g/mol. The van der Waals surface area contributed by atoms with Crippen LogP contribution in [0.3, 0.4) is 0 Å². The number of hydrogen-bond acceptors (Lipinski definition) is 2. The average Bonchev–Trinajstić information content (AvgIpc) is 0.722. The van der Waals surface area contributed by atoms with Crippen LogP contribution in [0, 0.1) is 0 Å². The second-order valence-corrected chi connectivity index (χ2v) is 4.05. The van der Waals surface area contributed by atoms with Gasteiger partial charge in [0.1, 0.15) is 0 Å². The molecular formula is Cl2O2SZn. The molecule has 0 unspecified atom stereocenters. The Balaban J connectivity index is 0. The van der Waals surface area contributed by atoms with Crippen molar-refractivity contribution in [3.63, 3.8) is 0 Å². The van der Waals surface area contributed by atoms with Gasteiger partial charge in [-0.2, -0.15) is 8.42 Å². The van der Waals surface area contributed by atoms with E-state index in [1.165, 1.54) is 0 Å². The molecule has 0 saturated heterocycles. The Hall–Kier alpha value is 1.15. The van der Waals surface area contributed by atoms with Crippen molar-refractivity contribution in [3.05, 3.63) is 0 Å². The maximum atomic E-state index is 9.16. The molecule has 0 bridgehead atoms. The third kappa shape index (κ3) is 66.8. The molecule has 0 aliphatic rings. The standard InChI is InChI=1S/Cl2O2S.Zn/c1-5(2,3)4;. The minimum atomic E-state index is -3.72. The van der Waals surface area contributed by atoms with E-state index in [-0.39, 0.29) is 19.5 Å². The summed E-state index contributed by atoms with van der Waals surface area (Å²) in [4.78, 5) is 0. The molecule has 0 rings (SSSR count). The Bertz CT molecular complexity index is 94.7. The van der Waals surface area contributed by atoms with Crippen LogP contribution in [0.1, 0.15) is 0 Å². The van der Waals surface area contributed by atoms with Crippen LogP contribution in [0.4, 0.5) is 0 Å². The quantitative estimate of drug-likeness (QED) is 0.426. The first-order chi connectivity index (χ1) is 2.00. The summed E-state index contributed by atoms with van der Waals surface area (Å²) < 4.78 is 18.3. The fraction of sp³-hybridized carbons (Fsp3) is 0. The van der Waals surface area contributed by atoms with E-state index in [0.717, 1.165) is 0 Å². The predicted octanol–water partition coefficient (Wildman–Crippen LogP) is 0.706. The van der Waals surface area contributed by atoms with E-state index in [4.69, 9.17) is 8.42 Å². The van der Waals surface area contributed by atoms with Gasteiger partial charge in [0, 0.05) is 40.8 Å². The van der Waals surface area contributed by atoms with Gasteiger partial charge >= 0.3 is 8.26 Å². The van der Waals surface area contributed by atoms with Crippen molar-refractivity contribution in [2.45, 2.75) is 0 Å². The molecule has 2 nitrogen and oxygen atoms in total. The number of hydrogen-bond donors (Lipinski definition) is 0. The van der Waals surface area contributed by atoms with Gasteiger partial charge < -0.3 is 0 Å². The summed E-state index contributed by atoms with van der Waals surface area (Å²) in [6.45, 7) is 0. The van der Waals surface area contributed by atoms with E-state index < -0.39 is 8.26 Å². The molecule has 6 heteroatoms. The summed E-state index contributed by atoms with van der Waals surface area (Å²) in [5.41, 5.74) is 0. The van der Waals surface area contributed by atoms with Crippen molar-refractivity contribution >= 4 is 29.6 Å². The molecule has 0 spiro atoms. The Morgan fingerprint density at radius 2 is 1.17 bits per heavy atom. The van der Waals surface area contributed by atoms with E-state index in [2.05, 4.69) is 21.4 Å². The van der Waals surface area contributed by atoms with Crippen LogP contribution in [0.15, 0.2) is 0 Å².